The van der Waals surface area contributed by atoms with Crippen molar-refractivity contribution in [3.05, 3.63) is 10.6 Å². The Kier molecular flexibility index (Phi) is 2.27. The lowest BCUT2D eigenvalue weighted by Gasteiger charge is -2.22. The fourth-order valence-corrected chi connectivity index (χ4v) is 1.46. The van der Waals surface area contributed by atoms with Gasteiger partial charge in [-0.2, -0.15) is 0 Å². The minimum absolute atomic E-state index is 0.143. The minimum atomic E-state index is 0.143. The van der Waals surface area contributed by atoms with Crippen molar-refractivity contribution in [1.29, 1.82) is 0 Å². The van der Waals surface area contributed by atoms with E-state index in [1.165, 1.54) is 4.48 Å². The first kappa shape index (κ1) is 7.25. The summed E-state index contributed by atoms with van der Waals surface area (Å²) < 4.78 is 1.19. The van der Waals surface area contributed by atoms with Crippen LogP contribution >= 0.6 is 15.9 Å². The minimum Gasteiger partial charge on any atom is -0.326 e. The van der Waals surface area contributed by atoms with E-state index >= 15 is 0 Å². The topological polar surface area (TPSA) is 52.0 Å². The molecule has 0 aromatic carbocycles. The summed E-state index contributed by atoms with van der Waals surface area (Å²) in [5.41, 5.74) is 11.3. The van der Waals surface area contributed by atoms with Crippen LogP contribution in [0.3, 0.4) is 0 Å². The highest BCUT2D eigenvalue weighted by atomic mass is 79.9. The third-order valence-corrected chi connectivity index (χ3v) is 2.24. The fourth-order valence-electron chi connectivity index (χ4n) is 0.899. The van der Waals surface area contributed by atoms with Crippen molar-refractivity contribution in [2.75, 3.05) is 0 Å². The van der Waals surface area contributed by atoms with Gasteiger partial charge in [0, 0.05) is 12.1 Å². The third-order valence-electron chi connectivity index (χ3n) is 1.59. The Labute approximate surface area is 63.4 Å². The molecular formula is C6H11BrN2. The van der Waals surface area contributed by atoms with Gasteiger partial charge in [-0.05, 0) is 17.3 Å². The third kappa shape index (κ3) is 1.78. The summed E-state index contributed by atoms with van der Waals surface area (Å²) in [7, 11) is 0. The molecule has 0 radical (unpaired) electrons. The van der Waals surface area contributed by atoms with E-state index in [0.717, 1.165) is 12.8 Å². The quantitative estimate of drug-likeness (QED) is 0.592. The molecule has 0 heterocycles. The zero-order valence-electron chi connectivity index (χ0n) is 5.18. The Hall–Kier alpha value is 0.140. The van der Waals surface area contributed by atoms with Crippen molar-refractivity contribution in [3.8, 4) is 0 Å². The average molecular weight is 191 g/mol. The van der Waals surface area contributed by atoms with Crippen LogP contribution < -0.4 is 11.5 Å². The fraction of sp³-hybridized carbons (Fsp3) is 0.667. The standard InChI is InChI=1S/C6H11BrN2/c7-4-1-2-5(8)6(9)3-4/h1,5-6H,2-3,8-9H2/t5-,6+/m0/s1. The number of hydrogen-bond donors (Lipinski definition) is 2. The largest absolute Gasteiger partial charge is 0.326 e. The molecule has 0 aromatic heterocycles. The van der Waals surface area contributed by atoms with Crippen molar-refractivity contribution in [2.24, 2.45) is 11.5 Å². The van der Waals surface area contributed by atoms with Gasteiger partial charge < -0.3 is 11.5 Å². The summed E-state index contributed by atoms with van der Waals surface area (Å²) in [5, 5.41) is 0. The smallest absolute Gasteiger partial charge is 0.0241 e. The second-order valence-corrected chi connectivity index (χ2v) is 3.44. The van der Waals surface area contributed by atoms with Crippen LogP contribution in [0.15, 0.2) is 10.6 Å². The zero-order chi connectivity index (χ0) is 6.85. The number of nitrogens with two attached hydrogens (primary N) is 2. The predicted molar refractivity (Wildman–Crippen MR) is 42.2 cm³/mol. The molecule has 1 rings (SSSR count). The molecule has 0 saturated carbocycles. The Morgan fingerprint density at radius 1 is 1.44 bits per heavy atom. The molecule has 0 bridgehead atoms. The van der Waals surface area contributed by atoms with Crippen LogP contribution in [-0.2, 0) is 0 Å². The molecule has 9 heavy (non-hydrogen) atoms. The van der Waals surface area contributed by atoms with Crippen LogP contribution in [0.1, 0.15) is 12.8 Å². The molecule has 0 spiro atoms. The first-order valence-corrected chi connectivity index (χ1v) is 3.85. The molecule has 4 N–H and O–H groups in total. The van der Waals surface area contributed by atoms with E-state index in [9.17, 15) is 0 Å². The highest BCUT2D eigenvalue weighted by Crippen LogP contribution is 2.20. The van der Waals surface area contributed by atoms with Gasteiger partial charge in [-0.1, -0.05) is 22.0 Å². The summed E-state index contributed by atoms with van der Waals surface area (Å²) in [4.78, 5) is 0. The molecule has 2 atom stereocenters. The van der Waals surface area contributed by atoms with E-state index in [2.05, 4.69) is 22.0 Å². The normalized spacial score (nSPS) is 36.1. The van der Waals surface area contributed by atoms with Gasteiger partial charge in [0.15, 0.2) is 0 Å². The molecule has 0 fully saturated rings. The molecule has 1 aliphatic carbocycles. The summed E-state index contributed by atoms with van der Waals surface area (Å²) in [5.74, 6) is 0. The van der Waals surface area contributed by atoms with Gasteiger partial charge in [-0.25, -0.2) is 0 Å². The molecule has 52 valence electrons. The van der Waals surface area contributed by atoms with E-state index < -0.39 is 0 Å². The first-order valence-electron chi connectivity index (χ1n) is 3.06. The summed E-state index contributed by atoms with van der Waals surface area (Å²) in [6, 6.07) is 0.302. The van der Waals surface area contributed by atoms with Gasteiger partial charge in [-0.3, -0.25) is 0 Å². The number of rotatable bonds is 0. The SMILES string of the molecule is N[C@@H]1CC(Br)=CC[C@@H]1N. The maximum absolute atomic E-state index is 5.67. The second kappa shape index (κ2) is 2.82. The molecule has 3 heteroatoms. The number of hydrogen-bond acceptors (Lipinski definition) is 2. The van der Waals surface area contributed by atoms with Crippen molar-refractivity contribution in [2.45, 2.75) is 24.9 Å². The van der Waals surface area contributed by atoms with E-state index in [4.69, 9.17) is 11.5 Å². The van der Waals surface area contributed by atoms with Gasteiger partial charge >= 0.3 is 0 Å². The van der Waals surface area contributed by atoms with Crippen molar-refractivity contribution < 1.29 is 0 Å². The lowest BCUT2D eigenvalue weighted by molar-refractivity contribution is 0.513. The van der Waals surface area contributed by atoms with E-state index in [1.54, 1.807) is 0 Å². The monoisotopic (exact) mass is 190 g/mol. The van der Waals surface area contributed by atoms with Crippen molar-refractivity contribution in [1.82, 2.24) is 0 Å². The van der Waals surface area contributed by atoms with Gasteiger partial charge in [0.05, 0.1) is 0 Å². The second-order valence-electron chi connectivity index (χ2n) is 2.42. The van der Waals surface area contributed by atoms with Crippen LogP contribution in [0, 0.1) is 0 Å². The Morgan fingerprint density at radius 2 is 2.11 bits per heavy atom. The lowest BCUT2D eigenvalue weighted by atomic mass is 9.98. The van der Waals surface area contributed by atoms with Gasteiger partial charge in [0.25, 0.3) is 0 Å². The Balaban J connectivity index is 2.54. The van der Waals surface area contributed by atoms with Crippen molar-refractivity contribution >= 4 is 15.9 Å². The van der Waals surface area contributed by atoms with E-state index in [-0.39, 0.29) is 12.1 Å². The highest BCUT2D eigenvalue weighted by Gasteiger charge is 2.16. The zero-order valence-corrected chi connectivity index (χ0v) is 6.76. The summed E-state index contributed by atoms with van der Waals surface area (Å²) in [6.07, 6.45) is 3.89. The van der Waals surface area contributed by atoms with Crippen LogP contribution in [0.2, 0.25) is 0 Å². The molecule has 0 amide bonds. The van der Waals surface area contributed by atoms with Gasteiger partial charge in [-0.15, -0.1) is 0 Å². The van der Waals surface area contributed by atoms with Gasteiger partial charge in [0.1, 0.15) is 0 Å². The Morgan fingerprint density at radius 3 is 2.56 bits per heavy atom. The number of halogens is 1. The molecule has 0 unspecified atom stereocenters. The summed E-state index contributed by atoms with van der Waals surface area (Å²) in [6.45, 7) is 0. The highest BCUT2D eigenvalue weighted by molar-refractivity contribution is 9.11. The van der Waals surface area contributed by atoms with Crippen LogP contribution in [0.4, 0.5) is 0 Å². The van der Waals surface area contributed by atoms with Crippen molar-refractivity contribution in [3.63, 3.8) is 0 Å². The Bertz CT molecular complexity index is 133. The predicted octanol–water partition coefficient (Wildman–Crippen LogP) is 0.714. The maximum atomic E-state index is 5.67. The molecule has 0 aromatic rings. The first-order chi connectivity index (χ1) is 4.20. The summed E-state index contributed by atoms with van der Waals surface area (Å²) >= 11 is 3.38. The molecule has 0 aliphatic heterocycles. The van der Waals surface area contributed by atoms with Crippen LogP contribution in [0.5, 0.6) is 0 Å². The average Bonchev–Trinajstić information content (AvgIpc) is 1.80. The molecule has 1 aliphatic rings. The van der Waals surface area contributed by atoms with Crippen LogP contribution in [-0.4, -0.2) is 12.1 Å². The molecular weight excluding hydrogens is 180 g/mol. The van der Waals surface area contributed by atoms with E-state index in [1.807, 2.05) is 0 Å². The molecule has 0 saturated heterocycles. The van der Waals surface area contributed by atoms with Gasteiger partial charge in [0.2, 0.25) is 0 Å². The molecule has 2 nitrogen and oxygen atoms in total. The maximum Gasteiger partial charge on any atom is 0.0241 e. The lowest BCUT2D eigenvalue weighted by Crippen LogP contribution is -2.42. The van der Waals surface area contributed by atoms with Crippen LogP contribution in [0.25, 0.3) is 0 Å². The van der Waals surface area contributed by atoms with E-state index in [0.29, 0.717) is 0 Å².